The van der Waals surface area contributed by atoms with Crippen molar-refractivity contribution in [3.8, 4) is 0 Å². The van der Waals surface area contributed by atoms with Crippen molar-refractivity contribution in [2.24, 2.45) is 5.73 Å². The number of aliphatic hydroxyl groups is 1. The lowest BCUT2D eigenvalue weighted by atomic mass is 10.0. The molecule has 2 rings (SSSR count). The normalized spacial score (nSPS) is 15.6. The number of hydrogen-bond donors (Lipinski definition) is 2. The van der Waals surface area contributed by atoms with E-state index >= 15 is 0 Å². The van der Waals surface area contributed by atoms with E-state index in [1.807, 2.05) is 23.6 Å². The second-order valence-corrected chi connectivity index (χ2v) is 4.36. The van der Waals surface area contributed by atoms with Crippen molar-refractivity contribution < 1.29 is 5.11 Å². The van der Waals surface area contributed by atoms with Crippen molar-refractivity contribution >= 4 is 21.4 Å². The van der Waals surface area contributed by atoms with E-state index < -0.39 is 6.10 Å². The van der Waals surface area contributed by atoms with Crippen LogP contribution in [0.4, 0.5) is 0 Å². The number of benzene rings is 1. The van der Waals surface area contributed by atoms with Crippen molar-refractivity contribution in [1.82, 2.24) is 0 Å². The Kier molecular flexibility index (Phi) is 2.54. The average molecular weight is 207 g/mol. The summed E-state index contributed by atoms with van der Waals surface area (Å²) >= 11 is 1.67. The molecular formula is C11H13NOS. The Bertz CT molecular complexity index is 436. The fourth-order valence-electron chi connectivity index (χ4n) is 1.52. The molecule has 1 heterocycles. The Morgan fingerprint density at radius 3 is 2.79 bits per heavy atom. The highest BCUT2D eigenvalue weighted by atomic mass is 32.1. The van der Waals surface area contributed by atoms with Gasteiger partial charge in [-0.25, -0.2) is 0 Å². The van der Waals surface area contributed by atoms with Crippen molar-refractivity contribution in [2.75, 3.05) is 0 Å². The summed E-state index contributed by atoms with van der Waals surface area (Å²) in [6.07, 6.45) is -0.506. The first kappa shape index (κ1) is 9.65. The molecule has 0 aliphatic rings. The smallest absolute Gasteiger partial charge is 0.0705 e. The van der Waals surface area contributed by atoms with E-state index in [1.54, 1.807) is 18.3 Å². The standard InChI is InChI=1S/C11H13NOS/c1-7(13)11(12)9-6-14-10-5-3-2-4-8(9)10/h2-7,11,13H,12H2,1H3/t7?,11-/m0/s1. The van der Waals surface area contributed by atoms with Gasteiger partial charge >= 0.3 is 0 Å². The Balaban J connectivity index is 2.53. The molecule has 2 nitrogen and oxygen atoms in total. The van der Waals surface area contributed by atoms with E-state index in [4.69, 9.17) is 5.73 Å². The van der Waals surface area contributed by atoms with Gasteiger partial charge in [-0.3, -0.25) is 0 Å². The Labute approximate surface area is 87.0 Å². The first-order valence-electron chi connectivity index (χ1n) is 4.60. The molecule has 0 spiro atoms. The molecule has 1 unspecified atom stereocenters. The summed E-state index contributed by atoms with van der Waals surface area (Å²) in [5.74, 6) is 0. The summed E-state index contributed by atoms with van der Waals surface area (Å²) in [6.45, 7) is 1.72. The van der Waals surface area contributed by atoms with Crippen LogP contribution in [0.5, 0.6) is 0 Å². The van der Waals surface area contributed by atoms with Gasteiger partial charge in [-0.05, 0) is 29.3 Å². The molecule has 1 aromatic carbocycles. The minimum Gasteiger partial charge on any atom is -0.391 e. The summed E-state index contributed by atoms with van der Waals surface area (Å²) < 4.78 is 1.22. The molecule has 0 amide bonds. The molecule has 3 N–H and O–H groups in total. The van der Waals surface area contributed by atoms with E-state index in [-0.39, 0.29) is 6.04 Å². The fraction of sp³-hybridized carbons (Fsp3) is 0.273. The average Bonchev–Trinajstić information content (AvgIpc) is 2.60. The van der Waals surface area contributed by atoms with Gasteiger partial charge in [-0.1, -0.05) is 18.2 Å². The zero-order chi connectivity index (χ0) is 10.1. The molecule has 2 aromatic rings. The van der Waals surface area contributed by atoms with E-state index in [0.29, 0.717) is 0 Å². The van der Waals surface area contributed by atoms with Crippen LogP contribution >= 0.6 is 11.3 Å². The van der Waals surface area contributed by atoms with E-state index in [9.17, 15) is 5.11 Å². The molecule has 0 radical (unpaired) electrons. The predicted octanol–water partition coefficient (Wildman–Crippen LogP) is 2.28. The second-order valence-electron chi connectivity index (χ2n) is 3.45. The molecule has 0 fully saturated rings. The van der Waals surface area contributed by atoms with Crippen LogP contribution in [-0.4, -0.2) is 11.2 Å². The number of nitrogens with two attached hydrogens (primary N) is 1. The number of rotatable bonds is 2. The van der Waals surface area contributed by atoms with Crippen molar-refractivity contribution in [3.63, 3.8) is 0 Å². The van der Waals surface area contributed by atoms with Crippen LogP contribution in [0.25, 0.3) is 10.1 Å². The second kappa shape index (κ2) is 3.69. The number of fused-ring (bicyclic) bond motifs is 1. The molecule has 0 aliphatic carbocycles. The fourth-order valence-corrected chi connectivity index (χ4v) is 2.52. The van der Waals surface area contributed by atoms with Gasteiger partial charge in [0.25, 0.3) is 0 Å². The van der Waals surface area contributed by atoms with E-state index in [1.165, 1.54) is 4.70 Å². The van der Waals surface area contributed by atoms with Crippen LogP contribution in [0.3, 0.4) is 0 Å². The zero-order valence-corrected chi connectivity index (χ0v) is 8.79. The van der Waals surface area contributed by atoms with Crippen LogP contribution in [0.15, 0.2) is 29.6 Å². The van der Waals surface area contributed by atoms with Crippen molar-refractivity contribution in [3.05, 3.63) is 35.2 Å². The van der Waals surface area contributed by atoms with Gasteiger partial charge in [-0.15, -0.1) is 11.3 Å². The van der Waals surface area contributed by atoms with E-state index in [2.05, 4.69) is 6.07 Å². The molecule has 0 saturated carbocycles. The van der Waals surface area contributed by atoms with Crippen LogP contribution in [0.1, 0.15) is 18.5 Å². The van der Waals surface area contributed by atoms with Crippen LogP contribution in [0, 0.1) is 0 Å². The Morgan fingerprint density at radius 2 is 2.07 bits per heavy atom. The van der Waals surface area contributed by atoms with Crippen molar-refractivity contribution in [1.29, 1.82) is 0 Å². The van der Waals surface area contributed by atoms with E-state index in [0.717, 1.165) is 10.9 Å². The van der Waals surface area contributed by atoms with Crippen LogP contribution < -0.4 is 5.73 Å². The molecule has 0 saturated heterocycles. The molecule has 3 heteroatoms. The van der Waals surface area contributed by atoms with Gasteiger partial charge in [0.2, 0.25) is 0 Å². The quantitative estimate of drug-likeness (QED) is 0.793. The third kappa shape index (κ3) is 1.54. The third-order valence-corrected chi connectivity index (χ3v) is 3.37. The monoisotopic (exact) mass is 207 g/mol. The lowest BCUT2D eigenvalue weighted by Crippen LogP contribution is -2.22. The first-order valence-corrected chi connectivity index (χ1v) is 5.48. The largest absolute Gasteiger partial charge is 0.391 e. The maximum absolute atomic E-state index is 9.43. The highest BCUT2D eigenvalue weighted by molar-refractivity contribution is 7.17. The molecule has 0 aliphatic heterocycles. The molecule has 1 aromatic heterocycles. The summed E-state index contributed by atoms with van der Waals surface area (Å²) in [6, 6.07) is 7.83. The maximum atomic E-state index is 9.43. The van der Waals surface area contributed by atoms with Gasteiger partial charge in [0.1, 0.15) is 0 Å². The molecular weight excluding hydrogens is 194 g/mol. The minimum atomic E-state index is -0.506. The zero-order valence-electron chi connectivity index (χ0n) is 7.97. The van der Waals surface area contributed by atoms with Crippen LogP contribution in [0.2, 0.25) is 0 Å². The third-order valence-electron chi connectivity index (χ3n) is 2.39. The lowest BCUT2D eigenvalue weighted by molar-refractivity contribution is 0.165. The highest BCUT2D eigenvalue weighted by Gasteiger charge is 2.15. The highest BCUT2D eigenvalue weighted by Crippen LogP contribution is 2.30. The van der Waals surface area contributed by atoms with Gasteiger partial charge in [0.15, 0.2) is 0 Å². The topological polar surface area (TPSA) is 46.2 Å². The molecule has 74 valence electrons. The SMILES string of the molecule is CC(O)[C@H](N)c1csc2ccccc12. The lowest BCUT2D eigenvalue weighted by Gasteiger charge is -2.13. The maximum Gasteiger partial charge on any atom is 0.0705 e. The number of hydrogen-bond acceptors (Lipinski definition) is 3. The van der Waals surface area contributed by atoms with Gasteiger partial charge in [0.05, 0.1) is 12.1 Å². The van der Waals surface area contributed by atoms with Gasteiger partial charge in [-0.2, -0.15) is 0 Å². The summed E-state index contributed by atoms with van der Waals surface area (Å²) in [4.78, 5) is 0. The first-order chi connectivity index (χ1) is 6.70. The van der Waals surface area contributed by atoms with Gasteiger partial charge in [0, 0.05) is 4.70 Å². The molecule has 0 bridgehead atoms. The number of thiophene rings is 1. The Morgan fingerprint density at radius 1 is 1.36 bits per heavy atom. The predicted molar refractivity (Wildman–Crippen MR) is 60.4 cm³/mol. The summed E-state index contributed by atoms with van der Waals surface area (Å²) in [5.41, 5.74) is 6.95. The van der Waals surface area contributed by atoms with Crippen LogP contribution in [-0.2, 0) is 0 Å². The number of aliphatic hydroxyl groups excluding tert-OH is 1. The summed E-state index contributed by atoms with van der Waals surface area (Å²) in [5, 5.41) is 12.6. The minimum absolute atomic E-state index is 0.286. The molecule has 14 heavy (non-hydrogen) atoms. The van der Waals surface area contributed by atoms with Gasteiger partial charge < -0.3 is 10.8 Å². The van der Waals surface area contributed by atoms with Crippen molar-refractivity contribution in [2.45, 2.75) is 19.1 Å². The Hall–Kier alpha value is -0.900. The molecule has 2 atom stereocenters. The summed E-state index contributed by atoms with van der Waals surface area (Å²) in [7, 11) is 0.